The number of nitrogens with one attached hydrogen (secondary N) is 2. The maximum absolute atomic E-state index is 5.35. The Hall–Kier alpha value is -0.810. The van der Waals surface area contributed by atoms with Crippen molar-refractivity contribution in [2.45, 2.75) is 39.7 Å². The summed E-state index contributed by atoms with van der Waals surface area (Å²) in [5.41, 5.74) is 2.55. The second-order valence-electron chi connectivity index (χ2n) is 3.43. The Morgan fingerprint density at radius 2 is 2.20 bits per heavy atom. The summed E-state index contributed by atoms with van der Waals surface area (Å²) >= 11 is 0. The quantitative estimate of drug-likeness (QED) is 0.192. The first-order valence-corrected chi connectivity index (χ1v) is 5.59. The Bertz CT molecular complexity index is 173. The van der Waals surface area contributed by atoms with Gasteiger partial charge in [-0.15, -0.1) is 0 Å². The van der Waals surface area contributed by atoms with E-state index in [2.05, 4.69) is 22.7 Å². The average Bonchev–Trinajstić information content (AvgIpc) is 2.25. The van der Waals surface area contributed by atoms with Crippen LogP contribution in [0.1, 0.15) is 33.6 Å². The molecule has 5 heteroatoms. The van der Waals surface area contributed by atoms with Crippen LogP contribution in [0.2, 0.25) is 0 Å². The molecule has 0 heterocycles. The molecule has 0 aliphatic heterocycles. The van der Waals surface area contributed by atoms with Gasteiger partial charge in [0.05, 0.1) is 6.61 Å². The zero-order valence-corrected chi connectivity index (χ0v) is 10.0. The molecule has 0 aliphatic rings. The normalized spacial score (nSPS) is 13.7. The fourth-order valence-corrected chi connectivity index (χ4v) is 1.05. The molecular weight excluding hydrogens is 192 g/mol. The Balaban J connectivity index is 3.80. The number of aliphatic imine (C=N–C) groups is 1. The van der Waals surface area contributed by atoms with Crippen LogP contribution in [0.5, 0.6) is 0 Å². The second kappa shape index (κ2) is 9.73. The fraction of sp³-hybridized carbons (Fsp3) is 0.900. The van der Waals surface area contributed by atoms with Gasteiger partial charge in [0.1, 0.15) is 0 Å². The van der Waals surface area contributed by atoms with Crippen molar-refractivity contribution >= 4 is 5.96 Å². The molecule has 4 N–H and O–H groups in total. The average molecular weight is 216 g/mol. The number of unbranched alkanes of at least 4 members (excludes halogenated alkanes) is 1. The Morgan fingerprint density at radius 1 is 1.47 bits per heavy atom. The first-order chi connectivity index (χ1) is 7.24. The summed E-state index contributed by atoms with van der Waals surface area (Å²) in [7, 11) is 0. The first-order valence-electron chi connectivity index (χ1n) is 5.59. The largest absolute Gasteiger partial charge is 0.380 e. The molecule has 0 saturated heterocycles. The van der Waals surface area contributed by atoms with Crippen LogP contribution in [0.25, 0.3) is 0 Å². The fourth-order valence-electron chi connectivity index (χ4n) is 1.05. The van der Waals surface area contributed by atoms with Crippen molar-refractivity contribution in [3.63, 3.8) is 0 Å². The molecule has 0 fully saturated rings. The smallest absolute Gasteiger partial charge is 0.206 e. The van der Waals surface area contributed by atoms with E-state index in [1.807, 2.05) is 13.8 Å². The van der Waals surface area contributed by atoms with Crippen LogP contribution in [0, 0.1) is 0 Å². The van der Waals surface area contributed by atoms with E-state index in [9.17, 15) is 0 Å². The van der Waals surface area contributed by atoms with Crippen LogP contribution in [-0.2, 0) is 4.74 Å². The van der Waals surface area contributed by atoms with Gasteiger partial charge in [0.25, 0.3) is 0 Å². The van der Waals surface area contributed by atoms with Gasteiger partial charge in [0.15, 0.2) is 0 Å². The molecule has 1 unspecified atom stereocenters. The maximum Gasteiger partial charge on any atom is 0.206 e. The SMILES string of the molecule is CCCCN=C(NN)NC(C)COCC. The van der Waals surface area contributed by atoms with Crippen molar-refractivity contribution < 1.29 is 4.74 Å². The van der Waals surface area contributed by atoms with Crippen molar-refractivity contribution in [3.8, 4) is 0 Å². The van der Waals surface area contributed by atoms with Gasteiger partial charge in [-0.3, -0.25) is 10.4 Å². The van der Waals surface area contributed by atoms with Crippen LogP contribution in [0.15, 0.2) is 4.99 Å². The van der Waals surface area contributed by atoms with Crippen LogP contribution in [-0.4, -0.2) is 31.8 Å². The molecule has 0 radical (unpaired) electrons. The lowest BCUT2D eigenvalue weighted by molar-refractivity contribution is 0.132. The van der Waals surface area contributed by atoms with Gasteiger partial charge in [0.2, 0.25) is 5.96 Å². The van der Waals surface area contributed by atoms with E-state index in [0.717, 1.165) is 26.0 Å². The maximum atomic E-state index is 5.35. The predicted octanol–water partition coefficient (Wildman–Crippen LogP) is 0.620. The molecule has 0 aromatic carbocycles. The minimum Gasteiger partial charge on any atom is -0.380 e. The van der Waals surface area contributed by atoms with E-state index < -0.39 is 0 Å². The minimum absolute atomic E-state index is 0.210. The summed E-state index contributed by atoms with van der Waals surface area (Å²) in [6.45, 7) is 8.32. The van der Waals surface area contributed by atoms with E-state index in [4.69, 9.17) is 10.6 Å². The summed E-state index contributed by atoms with van der Waals surface area (Å²) in [6, 6.07) is 0.210. The van der Waals surface area contributed by atoms with E-state index in [1.54, 1.807) is 0 Å². The van der Waals surface area contributed by atoms with Crippen molar-refractivity contribution in [2.75, 3.05) is 19.8 Å². The lowest BCUT2D eigenvalue weighted by atomic mass is 10.3. The van der Waals surface area contributed by atoms with Crippen LogP contribution in [0.3, 0.4) is 0 Å². The van der Waals surface area contributed by atoms with Crippen LogP contribution >= 0.6 is 0 Å². The van der Waals surface area contributed by atoms with Gasteiger partial charge in [0, 0.05) is 19.2 Å². The third-order valence-electron chi connectivity index (χ3n) is 1.87. The number of hydrogen-bond acceptors (Lipinski definition) is 3. The summed E-state index contributed by atoms with van der Waals surface area (Å²) < 4.78 is 5.28. The molecule has 0 aromatic heterocycles. The molecule has 5 nitrogen and oxygen atoms in total. The highest BCUT2D eigenvalue weighted by Gasteiger charge is 2.03. The molecular formula is C10H24N4O. The molecule has 0 aliphatic carbocycles. The lowest BCUT2D eigenvalue weighted by Gasteiger charge is -2.16. The number of rotatable bonds is 7. The van der Waals surface area contributed by atoms with E-state index >= 15 is 0 Å². The molecule has 0 bridgehead atoms. The third kappa shape index (κ3) is 8.20. The Kier molecular flexibility index (Phi) is 9.21. The van der Waals surface area contributed by atoms with Gasteiger partial charge in [-0.25, -0.2) is 5.84 Å². The van der Waals surface area contributed by atoms with Crippen LogP contribution in [0.4, 0.5) is 0 Å². The van der Waals surface area contributed by atoms with Gasteiger partial charge < -0.3 is 10.1 Å². The first kappa shape index (κ1) is 14.2. The molecule has 0 amide bonds. The zero-order chi connectivity index (χ0) is 11.5. The highest BCUT2D eigenvalue weighted by atomic mass is 16.5. The summed E-state index contributed by atoms with van der Waals surface area (Å²) in [5, 5.41) is 3.15. The lowest BCUT2D eigenvalue weighted by Crippen LogP contribution is -2.47. The molecule has 90 valence electrons. The molecule has 0 aromatic rings. The van der Waals surface area contributed by atoms with Gasteiger partial charge in [-0.2, -0.15) is 0 Å². The van der Waals surface area contributed by atoms with E-state index in [-0.39, 0.29) is 6.04 Å². The minimum atomic E-state index is 0.210. The Morgan fingerprint density at radius 3 is 2.73 bits per heavy atom. The summed E-state index contributed by atoms with van der Waals surface area (Å²) in [4.78, 5) is 4.29. The number of ether oxygens (including phenoxy) is 1. The number of nitrogens with two attached hydrogens (primary N) is 1. The molecule has 0 spiro atoms. The van der Waals surface area contributed by atoms with Gasteiger partial charge in [-0.05, 0) is 20.3 Å². The standard InChI is InChI=1S/C10H24N4O/c1-4-6-7-12-10(14-11)13-9(3)8-15-5-2/h9H,4-8,11H2,1-3H3,(H2,12,13,14). The summed E-state index contributed by atoms with van der Waals surface area (Å²) in [6.07, 6.45) is 2.21. The highest BCUT2D eigenvalue weighted by Crippen LogP contribution is 1.88. The van der Waals surface area contributed by atoms with Crippen LogP contribution < -0.4 is 16.6 Å². The molecule has 15 heavy (non-hydrogen) atoms. The molecule has 0 saturated carbocycles. The van der Waals surface area contributed by atoms with Crippen molar-refractivity contribution in [1.82, 2.24) is 10.7 Å². The molecule has 0 rings (SSSR count). The Labute approximate surface area is 92.4 Å². The number of guanidine groups is 1. The monoisotopic (exact) mass is 216 g/mol. The third-order valence-corrected chi connectivity index (χ3v) is 1.87. The number of hydrogen-bond donors (Lipinski definition) is 3. The van der Waals surface area contributed by atoms with Crippen molar-refractivity contribution in [2.24, 2.45) is 10.8 Å². The van der Waals surface area contributed by atoms with E-state index in [1.165, 1.54) is 0 Å². The van der Waals surface area contributed by atoms with Crippen molar-refractivity contribution in [1.29, 1.82) is 0 Å². The zero-order valence-electron chi connectivity index (χ0n) is 10.0. The molecule has 1 atom stereocenters. The highest BCUT2D eigenvalue weighted by molar-refractivity contribution is 5.79. The van der Waals surface area contributed by atoms with Gasteiger partial charge in [-0.1, -0.05) is 13.3 Å². The second-order valence-corrected chi connectivity index (χ2v) is 3.43. The predicted molar refractivity (Wildman–Crippen MR) is 63.6 cm³/mol. The van der Waals surface area contributed by atoms with E-state index in [0.29, 0.717) is 12.6 Å². The topological polar surface area (TPSA) is 71.7 Å². The number of nitrogens with zero attached hydrogens (tertiary/aromatic N) is 1. The van der Waals surface area contributed by atoms with Crippen molar-refractivity contribution in [3.05, 3.63) is 0 Å². The summed E-state index contributed by atoms with van der Waals surface area (Å²) in [5.74, 6) is 5.98. The number of hydrazine groups is 1. The van der Waals surface area contributed by atoms with Gasteiger partial charge >= 0.3 is 0 Å².